The summed E-state index contributed by atoms with van der Waals surface area (Å²) in [5.74, 6) is 0.210. The van der Waals surface area contributed by atoms with Crippen molar-refractivity contribution in [3.63, 3.8) is 0 Å². The molecule has 10 atom stereocenters. The lowest BCUT2D eigenvalue weighted by atomic mass is 9.40. The summed E-state index contributed by atoms with van der Waals surface area (Å²) in [5.41, 5.74) is 1.38. The zero-order chi connectivity index (χ0) is 39.2. The Hall–Kier alpha value is -3.89. The van der Waals surface area contributed by atoms with Crippen LogP contribution >= 0.6 is 0 Å². The molecule has 2 aromatic rings. The van der Waals surface area contributed by atoms with E-state index in [9.17, 15) is 24.0 Å². The van der Waals surface area contributed by atoms with E-state index >= 15 is 0 Å². The van der Waals surface area contributed by atoms with Gasteiger partial charge in [0.25, 0.3) is 0 Å². The predicted octanol–water partition coefficient (Wildman–Crippen LogP) is 8.94. The maximum absolute atomic E-state index is 13.7. The van der Waals surface area contributed by atoms with Gasteiger partial charge < -0.3 is 14.2 Å². The lowest BCUT2D eigenvalue weighted by Crippen LogP contribution is -2.63. The fraction of sp³-hybridized carbons (Fsp3) is 0.622. The van der Waals surface area contributed by atoms with Crippen LogP contribution in [0.15, 0.2) is 36.4 Å². The zero-order valence-corrected chi connectivity index (χ0v) is 33.1. The number of esters is 5. The Bertz CT molecular complexity index is 1950. The minimum atomic E-state index is -0.754. The molecule has 0 amide bonds. The monoisotopic (exact) mass is 754 g/mol. The SMILES string of the molecule is CC(C)CC(C)C1CCC2C3CC(OOCc4ccc5c(c4)C(=O)OC5=O)C4C(C)(C)CC(OC(=O)c5ccc6c(c5)C(=O)OC6=O)CC4(C)C3CCC12C. The van der Waals surface area contributed by atoms with Crippen molar-refractivity contribution < 1.29 is 48.0 Å². The summed E-state index contributed by atoms with van der Waals surface area (Å²) in [4.78, 5) is 75.0. The van der Waals surface area contributed by atoms with Crippen molar-refractivity contribution in [2.45, 2.75) is 119 Å². The van der Waals surface area contributed by atoms with Crippen molar-refractivity contribution in [3.05, 3.63) is 69.8 Å². The molecule has 10 heteroatoms. The maximum atomic E-state index is 13.7. The van der Waals surface area contributed by atoms with Gasteiger partial charge in [0, 0.05) is 0 Å². The molecule has 55 heavy (non-hydrogen) atoms. The van der Waals surface area contributed by atoms with Crippen LogP contribution < -0.4 is 0 Å². The fourth-order valence-electron chi connectivity index (χ4n) is 13.3. The average Bonchev–Trinajstić information content (AvgIpc) is 3.71. The van der Waals surface area contributed by atoms with Crippen LogP contribution in [-0.2, 0) is 30.6 Å². The molecule has 4 saturated carbocycles. The number of cyclic esters (lactones) is 4. The predicted molar refractivity (Wildman–Crippen MR) is 200 cm³/mol. The summed E-state index contributed by atoms with van der Waals surface area (Å²) in [7, 11) is 0. The molecule has 0 spiro atoms. The van der Waals surface area contributed by atoms with E-state index in [2.05, 4.69) is 48.5 Å². The number of rotatable bonds is 9. The number of ether oxygens (including phenoxy) is 3. The lowest BCUT2D eigenvalue weighted by molar-refractivity contribution is -0.374. The van der Waals surface area contributed by atoms with Gasteiger partial charge in [-0.1, -0.05) is 54.5 Å². The standard InChI is InChI=1S/C45H54O10/c1-23(2)16-24(3)33-12-13-34-32-19-36(55-51-22-25-8-10-28-30(17-25)41(49)53-39(28)47)37-43(4,5)20-27(21-45(37,7)35(32)14-15-44(33,34)6)52-38(46)26-9-11-29-31(18-26)42(50)54-40(29)48/h8-11,17-18,23-24,27,32-37H,12-16,19-22H2,1-7H3. The van der Waals surface area contributed by atoms with E-state index < -0.39 is 29.8 Å². The highest BCUT2D eigenvalue weighted by atomic mass is 17.2. The van der Waals surface area contributed by atoms with Gasteiger partial charge in [0.15, 0.2) is 0 Å². The van der Waals surface area contributed by atoms with Gasteiger partial charge in [-0.3, -0.25) is 0 Å². The minimum absolute atomic E-state index is 0.0849. The summed E-state index contributed by atoms with van der Waals surface area (Å²) in [6, 6.07) is 9.39. The molecule has 8 rings (SSSR count). The van der Waals surface area contributed by atoms with E-state index in [1.807, 2.05) is 0 Å². The van der Waals surface area contributed by atoms with Gasteiger partial charge in [-0.05, 0) is 145 Å². The van der Waals surface area contributed by atoms with Crippen molar-refractivity contribution in [3.8, 4) is 0 Å². The van der Waals surface area contributed by atoms with Crippen molar-refractivity contribution in [1.29, 1.82) is 0 Å². The second-order valence-corrected chi connectivity index (χ2v) is 19.2. The number of hydrogen-bond donors (Lipinski definition) is 0. The van der Waals surface area contributed by atoms with E-state index in [0.29, 0.717) is 53.9 Å². The first-order valence-corrected chi connectivity index (χ1v) is 20.3. The van der Waals surface area contributed by atoms with Gasteiger partial charge >= 0.3 is 29.8 Å². The Morgan fingerprint density at radius 2 is 1.42 bits per heavy atom. The van der Waals surface area contributed by atoms with E-state index in [4.69, 9.17) is 24.0 Å². The van der Waals surface area contributed by atoms with Gasteiger partial charge in [-0.15, -0.1) is 0 Å². The Labute approximate surface area is 323 Å². The first-order valence-electron chi connectivity index (χ1n) is 20.3. The molecule has 0 radical (unpaired) electrons. The number of fused-ring (bicyclic) bond motifs is 7. The Morgan fingerprint density at radius 3 is 2.11 bits per heavy atom. The van der Waals surface area contributed by atoms with E-state index in [1.165, 1.54) is 43.9 Å². The number of carbonyl (C=O) groups excluding carboxylic acids is 5. The van der Waals surface area contributed by atoms with Gasteiger partial charge in [0.05, 0.1) is 33.9 Å². The topological polar surface area (TPSA) is 132 Å². The average molecular weight is 755 g/mol. The molecule has 2 heterocycles. The molecule has 294 valence electrons. The fourth-order valence-corrected chi connectivity index (χ4v) is 13.3. The van der Waals surface area contributed by atoms with Crippen LogP contribution in [-0.4, -0.2) is 42.1 Å². The maximum Gasteiger partial charge on any atom is 0.346 e. The summed E-state index contributed by atoms with van der Waals surface area (Å²) < 4.78 is 15.9. The molecule has 6 aliphatic rings. The second kappa shape index (κ2) is 13.6. The second-order valence-electron chi connectivity index (χ2n) is 19.2. The molecule has 10 nitrogen and oxygen atoms in total. The summed E-state index contributed by atoms with van der Waals surface area (Å²) >= 11 is 0. The normalized spacial score (nSPS) is 34.9. The molecule has 0 N–H and O–H groups in total. The molecule has 0 aromatic heterocycles. The number of benzene rings is 2. The van der Waals surface area contributed by atoms with Crippen LogP contribution in [0.2, 0.25) is 0 Å². The smallest absolute Gasteiger partial charge is 0.346 e. The largest absolute Gasteiger partial charge is 0.459 e. The van der Waals surface area contributed by atoms with Crippen molar-refractivity contribution in [2.24, 2.45) is 57.7 Å². The molecule has 4 fully saturated rings. The molecule has 0 bridgehead atoms. The van der Waals surface area contributed by atoms with Crippen molar-refractivity contribution in [1.82, 2.24) is 0 Å². The highest BCUT2D eigenvalue weighted by molar-refractivity contribution is 6.16. The van der Waals surface area contributed by atoms with Crippen LogP contribution in [0.1, 0.15) is 157 Å². The Balaban J connectivity index is 1.07. The molecular weight excluding hydrogens is 700 g/mol. The van der Waals surface area contributed by atoms with Crippen LogP contribution in [0.25, 0.3) is 0 Å². The van der Waals surface area contributed by atoms with Gasteiger partial charge in [0.2, 0.25) is 0 Å². The van der Waals surface area contributed by atoms with Crippen molar-refractivity contribution in [2.75, 3.05) is 0 Å². The summed E-state index contributed by atoms with van der Waals surface area (Å²) in [6.45, 7) is 16.7. The number of carbonyl (C=O) groups is 5. The molecule has 0 saturated heterocycles. The van der Waals surface area contributed by atoms with E-state index in [-0.39, 0.29) is 68.8 Å². The van der Waals surface area contributed by atoms with Crippen molar-refractivity contribution >= 4 is 29.8 Å². The van der Waals surface area contributed by atoms with Crippen LogP contribution in [0, 0.1) is 57.7 Å². The Kier molecular flexibility index (Phi) is 9.43. The third-order valence-electron chi connectivity index (χ3n) is 15.0. The van der Waals surface area contributed by atoms with Crippen LogP contribution in [0.5, 0.6) is 0 Å². The van der Waals surface area contributed by atoms with Gasteiger partial charge in [-0.2, -0.15) is 0 Å². The quantitative estimate of drug-likeness (QED) is 0.0804. The highest BCUT2D eigenvalue weighted by Crippen LogP contribution is 2.71. The first kappa shape index (κ1) is 38.0. The highest BCUT2D eigenvalue weighted by Gasteiger charge is 2.66. The lowest BCUT2D eigenvalue weighted by Gasteiger charge is -2.66. The molecule has 10 unspecified atom stereocenters. The molecule has 2 aromatic carbocycles. The van der Waals surface area contributed by atoms with Gasteiger partial charge in [0.1, 0.15) is 12.7 Å². The minimum Gasteiger partial charge on any atom is -0.459 e. The molecule has 2 aliphatic heterocycles. The summed E-state index contributed by atoms with van der Waals surface area (Å²) in [5, 5.41) is 0. The third-order valence-corrected chi connectivity index (χ3v) is 15.0. The zero-order valence-electron chi connectivity index (χ0n) is 33.1. The third kappa shape index (κ3) is 6.35. The first-order chi connectivity index (χ1) is 26.0. The number of hydrogen-bond acceptors (Lipinski definition) is 10. The van der Waals surface area contributed by atoms with Crippen LogP contribution in [0.4, 0.5) is 0 Å². The van der Waals surface area contributed by atoms with Gasteiger partial charge in [-0.25, -0.2) is 33.7 Å². The van der Waals surface area contributed by atoms with Crippen LogP contribution in [0.3, 0.4) is 0 Å². The molecule has 4 aliphatic carbocycles. The Morgan fingerprint density at radius 1 is 0.782 bits per heavy atom. The molecular formula is C45H54O10. The van der Waals surface area contributed by atoms with E-state index in [1.54, 1.807) is 18.2 Å². The van der Waals surface area contributed by atoms with E-state index in [0.717, 1.165) is 12.8 Å². The summed E-state index contributed by atoms with van der Waals surface area (Å²) in [6.07, 6.45) is 7.60.